The minimum Gasteiger partial charge on any atom is -0.325 e. The number of nitrogens with one attached hydrogen (secondary N) is 3. The Morgan fingerprint density at radius 2 is 2.00 bits per heavy atom. The van der Waals surface area contributed by atoms with E-state index in [1.54, 1.807) is 6.07 Å². The van der Waals surface area contributed by atoms with Crippen LogP contribution in [0.5, 0.6) is 0 Å². The fraction of sp³-hybridized carbons (Fsp3) is 0.500. The summed E-state index contributed by atoms with van der Waals surface area (Å²) in [6.07, 6.45) is 0.933. The second-order valence-electron chi connectivity index (χ2n) is 4.92. The molecule has 1 aromatic rings. The van der Waals surface area contributed by atoms with Gasteiger partial charge in [-0.2, -0.15) is 0 Å². The Labute approximate surface area is 126 Å². The third-order valence-corrected chi connectivity index (χ3v) is 4.70. The molecule has 1 atom stereocenters. The van der Waals surface area contributed by atoms with Crippen molar-refractivity contribution in [1.29, 1.82) is 0 Å². The van der Waals surface area contributed by atoms with E-state index in [-0.39, 0.29) is 23.4 Å². The van der Waals surface area contributed by atoms with Crippen molar-refractivity contribution in [2.75, 3.05) is 18.9 Å². The monoisotopic (exact) mass is 313 g/mol. The smallest absolute Gasteiger partial charge is 0.240 e. The summed E-state index contributed by atoms with van der Waals surface area (Å²) in [7, 11) is -2.17. The summed E-state index contributed by atoms with van der Waals surface area (Å²) in [6, 6.07) is 4.89. The largest absolute Gasteiger partial charge is 0.325 e. The van der Waals surface area contributed by atoms with Gasteiger partial charge in [0.25, 0.3) is 0 Å². The Hall–Kier alpha value is -1.44. The Bertz CT molecular complexity index is 599. The normalized spacial score (nSPS) is 13.0. The van der Waals surface area contributed by atoms with Crippen molar-refractivity contribution in [2.45, 2.75) is 38.1 Å². The van der Waals surface area contributed by atoms with Crippen molar-refractivity contribution >= 4 is 21.6 Å². The first-order valence-corrected chi connectivity index (χ1v) is 8.36. The maximum atomic E-state index is 11.9. The molecule has 0 saturated carbocycles. The van der Waals surface area contributed by atoms with E-state index in [0.717, 1.165) is 12.0 Å². The first-order chi connectivity index (χ1) is 9.80. The predicted molar refractivity (Wildman–Crippen MR) is 83.8 cm³/mol. The number of anilines is 1. The van der Waals surface area contributed by atoms with Crippen LogP contribution in [0.4, 0.5) is 5.69 Å². The van der Waals surface area contributed by atoms with Gasteiger partial charge in [-0.25, -0.2) is 13.1 Å². The summed E-state index contributed by atoms with van der Waals surface area (Å²) >= 11 is 0. The highest BCUT2D eigenvalue weighted by Crippen LogP contribution is 2.19. The quantitative estimate of drug-likeness (QED) is 0.706. The molecule has 118 valence electrons. The van der Waals surface area contributed by atoms with Gasteiger partial charge in [-0.05, 0) is 45.0 Å². The van der Waals surface area contributed by atoms with Crippen LogP contribution in [-0.4, -0.2) is 34.0 Å². The van der Waals surface area contributed by atoms with Crippen molar-refractivity contribution < 1.29 is 13.2 Å². The number of benzene rings is 1. The van der Waals surface area contributed by atoms with Crippen LogP contribution in [0.3, 0.4) is 0 Å². The van der Waals surface area contributed by atoms with Gasteiger partial charge in [0.15, 0.2) is 0 Å². The molecule has 0 aliphatic heterocycles. The van der Waals surface area contributed by atoms with Crippen LogP contribution < -0.4 is 15.4 Å². The van der Waals surface area contributed by atoms with Crippen molar-refractivity contribution in [2.24, 2.45) is 0 Å². The van der Waals surface area contributed by atoms with Gasteiger partial charge in [-0.15, -0.1) is 0 Å². The minimum absolute atomic E-state index is 0.126. The van der Waals surface area contributed by atoms with Gasteiger partial charge in [0.05, 0.1) is 11.4 Å². The second-order valence-corrected chi connectivity index (χ2v) is 6.81. The van der Waals surface area contributed by atoms with Crippen molar-refractivity contribution in [3.8, 4) is 0 Å². The maximum Gasteiger partial charge on any atom is 0.240 e. The van der Waals surface area contributed by atoms with Crippen LogP contribution in [0.2, 0.25) is 0 Å². The molecular formula is C14H23N3O3S. The van der Waals surface area contributed by atoms with E-state index in [4.69, 9.17) is 0 Å². The van der Waals surface area contributed by atoms with Crippen LogP contribution in [0.1, 0.15) is 25.8 Å². The number of hydrogen-bond acceptors (Lipinski definition) is 4. The third-order valence-electron chi connectivity index (χ3n) is 3.29. The molecule has 0 fully saturated rings. The van der Waals surface area contributed by atoms with Gasteiger partial charge < -0.3 is 10.6 Å². The second kappa shape index (κ2) is 7.53. The molecule has 1 amide bonds. The predicted octanol–water partition coefficient (Wildman–Crippen LogP) is 1.23. The first-order valence-electron chi connectivity index (χ1n) is 6.87. The van der Waals surface area contributed by atoms with Crippen molar-refractivity contribution in [3.05, 3.63) is 23.8 Å². The van der Waals surface area contributed by atoms with Gasteiger partial charge in [0, 0.05) is 11.7 Å². The van der Waals surface area contributed by atoms with Gasteiger partial charge in [-0.1, -0.05) is 13.0 Å². The number of hydrogen-bond donors (Lipinski definition) is 3. The fourth-order valence-corrected chi connectivity index (χ4v) is 2.38. The molecule has 0 aliphatic rings. The van der Waals surface area contributed by atoms with E-state index in [2.05, 4.69) is 15.4 Å². The van der Waals surface area contributed by atoms with E-state index >= 15 is 0 Å². The number of sulfonamides is 1. The van der Waals surface area contributed by atoms with E-state index in [1.807, 2.05) is 20.8 Å². The molecular weight excluding hydrogens is 290 g/mol. The molecule has 0 aliphatic carbocycles. The van der Waals surface area contributed by atoms with E-state index in [1.165, 1.54) is 19.2 Å². The summed E-state index contributed by atoms with van der Waals surface area (Å²) in [5.41, 5.74) is 1.31. The number of carbonyl (C=O) groups is 1. The van der Waals surface area contributed by atoms with Crippen LogP contribution in [-0.2, 0) is 14.8 Å². The molecule has 0 aromatic heterocycles. The number of aryl methyl sites for hydroxylation is 1. The molecule has 0 bridgehead atoms. The number of carbonyl (C=O) groups excluding carboxylic acids is 1. The molecule has 1 aromatic carbocycles. The van der Waals surface area contributed by atoms with E-state index < -0.39 is 10.0 Å². The summed E-state index contributed by atoms with van der Waals surface area (Å²) in [6.45, 7) is 6.04. The van der Waals surface area contributed by atoms with Gasteiger partial charge in [-0.3, -0.25) is 4.79 Å². The molecule has 1 rings (SSSR count). The fourth-order valence-electron chi connectivity index (χ4n) is 1.63. The van der Waals surface area contributed by atoms with Gasteiger partial charge in [0.2, 0.25) is 15.9 Å². The molecule has 0 saturated heterocycles. The molecule has 3 N–H and O–H groups in total. The molecule has 7 heteroatoms. The molecule has 6 nitrogen and oxygen atoms in total. The summed E-state index contributed by atoms with van der Waals surface area (Å²) in [5.74, 6) is -0.197. The zero-order chi connectivity index (χ0) is 16.0. The standard InChI is InChI=1S/C14H23N3O3S/c1-5-11(3)16-9-14(18)17-13-8-12(7-6-10(13)2)21(19,20)15-4/h6-8,11,15-16H,5,9H2,1-4H3,(H,17,18). The van der Waals surface area contributed by atoms with E-state index in [0.29, 0.717) is 5.69 Å². The van der Waals surface area contributed by atoms with Crippen molar-refractivity contribution in [1.82, 2.24) is 10.0 Å². The lowest BCUT2D eigenvalue weighted by atomic mass is 10.2. The van der Waals surface area contributed by atoms with Crippen LogP contribution >= 0.6 is 0 Å². The lowest BCUT2D eigenvalue weighted by Gasteiger charge is -2.13. The maximum absolute atomic E-state index is 11.9. The number of amides is 1. The third kappa shape index (κ3) is 5.11. The molecule has 0 spiro atoms. The Balaban J connectivity index is 2.84. The highest BCUT2D eigenvalue weighted by Gasteiger charge is 2.14. The van der Waals surface area contributed by atoms with E-state index in [9.17, 15) is 13.2 Å². The molecule has 1 unspecified atom stereocenters. The Morgan fingerprint density at radius 3 is 2.57 bits per heavy atom. The topological polar surface area (TPSA) is 87.3 Å². The van der Waals surface area contributed by atoms with Crippen LogP contribution in [0, 0.1) is 6.92 Å². The zero-order valence-electron chi connectivity index (χ0n) is 12.9. The summed E-state index contributed by atoms with van der Waals surface area (Å²) in [4.78, 5) is 12.0. The van der Waals surface area contributed by atoms with Gasteiger partial charge >= 0.3 is 0 Å². The molecule has 0 heterocycles. The highest BCUT2D eigenvalue weighted by atomic mass is 32.2. The minimum atomic E-state index is -3.52. The SMILES string of the molecule is CCC(C)NCC(=O)Nc1cc(S(=O)(=O)NC)ccc1C. The van der Waals surface area contributed by atoms with Crippen LogP contribution in [0.15, 0.2) is 23.1 Å². The number of rotatable bonds is 7. The Kier molecular flexibility index (Phi) is 6.32. The lowest BCUT2D eigenvalue weighted by molar-refractivity contribution is -0.115. The Morgan fingerprint density at radius 1 is 1.33 bits per heavy atom. The van der Waals surface area contributed by atoms with Crippen molar-refractivity contribution in [3.63, 3.8) is 0 Å². The zero-order valence-corrected chi connectivity index (χ0v) is 13.7. The summed E-state index contributed by atoms with van der Waals surface area (Å²) < 4.78 is 25.8. The average Bonchev–Trinajstić information content (AvgIpc) is 2.46. The van der Waals surface area contributed by atoms with Gasteiger partial charge in [0.1, 0.15) is 0 Å². The molecule has 0 radical (unpaired) electrons. The first kappa shape index (κ1) is 17.6. The lowest BCUT2D eigenvalue weighted by Crippen LogP contribution is -2.34. The summed E-state index contributed by atoms with van der Waals surface area (Å²) in [5, 5.41) is 5.82. The molecule has 21 heavy (non-hydrogen) atoms. The highest BCUT2D eigenvalue weighted by molar-refractivity contribution is 7.89. The van der Waals surface area contributed by atoms with Crippen LogP contribution in [0.25, 0.3) is 0 Å². The average molecular weight is 313 g/mol.